The summed E-state index contributed by atoms with van der Waals surface area (Å²) in [4.78, 5) is 20.4. The van der Waals surface area contributed by atoms with Gasteiger partial charge in [0.2, 0.25) is 0 Å². The van der Waals surface area contributed by atoms with E-state index in [0.29, 0.717) is 21.3 Å². The molecule has 13 heteroatoms. The van der Waals surface area contributed by atoms with E-state index in [1.807, 2.05) is 4.72 Å². The molecule has 0 saturated carbocycles. The molecule has 4 aromatic rings. The molecule has 0 fully saturated rings. The van der Waals surface area contributed by atoms with Crippen LogP contribution in [0.1, 0.15) is 10.5 Å². The normalized spacial score (nSPS) is 11.4. The number of rotatable bonds is 5. The molecule has 0 aromatic carbocycles. The van der Waals surface area contributed by atoms with E-state index in [4.69, 9.17) is 11.6 Å². The zero-order valence-electron chi connectivity index (χ0n) is 14.6. The largest absolute Gasteiger partial charge is 0.283 e. The van der Waals surface area contributed by atoms with Crippen molar-refractivity contribution < 1.29 is 17.6 Å². The quantitative estimate of drug-likeness (QED) is 0.462. The molecular weight excluding hydrogens is 473 g/mol. The van der Waals surface area contributed by atoms with Crippen LogP contribution in [0.4, 0.5) is 4.39 Å². The Morgan fingerprint density at radius 1 is 1.07 bits per heavy atom. The number of hydrogen-bond acceptors (Lipinski definition) is 9. The van der Waals surface area contributed by atoms with Gasteiger partial charge in [0.05, 0.1) is 10.5 Å². The van der Waals surface area contributed by atoms with Gasteiger partial charge in [0.1, 0.15) is 26.4 Å². The first kappa shape index (κ1) is 20.5. The van der Waals surface area contributed by atoms with Gasteiger partial charge in [-0.25, -0.2) is 22.5 Å². The molecule has 0 saturated heterocycles. The van der Waals surface area contributed by atoms with E-state index >= 15 is 0 Å². The van der Waals surface area contributed by atoms with Crippen LogP contribution in [0, 0.1) is 5.82 Å². The molecule has 4 aromatic heterocycles. The van der Waals surface area contributed by atoms with Crippen molar-refractivity contribution in [3.05, 3.63) is 64.6 Å². The standard InChI is InChI=1S/C17H9ClFN5O3S3/c18-13-4-5-14(28-13)30(26,27)24-15(25)11-2-1-3-12(21-11)17-23-22-16(29-17)9-6-10(19)8-20-7-9/h1-8H,(H,24,25). The predicted octanol–water partition coefficient (Wildman–Crippen LogP) is 3.63. The Hall–Kier alpha value is -2.80. The van der Waals surface area contributed by atoms with Crippen LogP contribution in [0.3, 0.4) is 0 Å². The summed E-state index contributed by atoms with van der Waals surface area (Å²) in [6.45, 7) is 0. The minimum Gasteiger partial charge on any atom is -0.266 e. The zero-order valence-corrected chi connectivity index (χ0v) is 17.8. The smallest absolute Gasteiger partial charge is 0.266 e. The van der Waals surface area contributed by atoms with Gasteiger partial charge < -0.3 is 0 Å². The molecule has 8 nitrogen and oxygen atoms in total. The van der Waals surface area contributed by atoms with Crippen LogP contribution in [0.2, 0.25) is 4.34 Å². The number of nitrogens with zero attached hydrogens (tertiary/aromatic N) is 4. The van der Waals surface area contributed by atoms with Gasteiger partial charge in [-0.1, -0.05) is 29.0 Å². The van der Waals surface area contributed by atoms with Crippen LogP contribution in [0.5, 0.6) is 0 Å². The second-order valence-corrected chi connectivity index (χ2v) is 10.3. The third-order valence-electron chi connectivity index (χ3n) is 3.62. The van der Waals surface area contributed by atoms with Gasteiger partial charge in [0.15, 0.2) is 5.01 Å². The van der Waals surface area contributed by atoms with Crippen molar-refractivity contribution in [1.29, 1.82) is 0 Å². The zero-order chi connectivity index (χ0) is 21.3. The minimum absolute atomic E-state index is 0.0885. The number of halogens is 2. The van der Waals surface area contributed by atoms with Crippen molar-refractivity contribution in [2.45, 2.75) is 4.21 Å². The van der Waals surface area contributed by atoms with Gasteiger partial charge in [-0.05, 0) is 30.3 Å². The molecule has 1 N–H and O–H groups in total. The maximum atomic E-state index is 13.4. The van der Waals surface area contributed by atoms with Gasteiger partial charge in [0.25, 0.3) is 15.9 Å². The SMILES string of the molecule is O=C(NS(=O)(=O)c1ccc(Cl)s1)c1cccc(-c2nnc(-c3cncc(F)c3)s2)n1. The van der Waals surface area contributed by atoms with Crippen molar-refractivity contribution in [3.8, 4) is 21.3 Å². The van der Waals surface area contributed by atoms with Crippen LogP contribution in [-0.2, 0) is 10.0 Å². The van der Waals surface area contributed by atoms with Crippen molar-refractivity contribution in [2.75, 3.05) is 0 Å². The number of nitrogens with one attached hydrogen (secondary N) is 1. The Morgan fingerprint density at radius 3 is 2.60 bits per heavy atom. The van der Waals surface area contributed by atoms with E-state index in [2.05, 4.69) is 20.2 Å². The fourth-order valence-electron chi connectivity index (χ4n) is 2.32. The summed E-state index contributed by atoms with van der Waals surface area (Å²) in [7, 11) is -4.07. The number of carbonyl (C=O) groups excluding carboxylic acids is 1. The molecule has 0 aliphatic heterocycles. The van der Waals surface area contributed by atoms with Crippen LogP contribution >= 0.6 is 34.3 Å². The first-order chi connectivity index (χ1) is 14.3. The summed E-state index contributed by atoms with van der Waals surface area (Å²) in [6.07, 6.45) is 2.53. The average molecular weight is 482 g/mol. The molecule has 0 aliphatic carbocycles. The van der Waals surface area contributed by atoms with Gasteiger partial charge >= 0.3 is 0 Å². The second kappa shape index (κ2) is 8.14. The van der Waals surface area contributed by atoms with E-state index in [-0.39, 0.29) is 14.2 Å². The van der Waals surface area contributed by atoms with Gasteiger partial charge in [-0.2, -0.15) is 0 Å². The third-order valence-corrected chi connectivity index (χ3v) is 7.67. The van der Waals surface area contributed by atoms with Crippen molar-refractivity contribution in [3.63, 3.8) is 0 Å². The van der Waals surface area contributed by atoms with Gasteiger partial charge in [-0.15, -0.1) is 21.5 Å². The van der Waals surface area contributed by atoms with Gasteiger partial charge in [-0.3, -0.25) is 9.78 Å². The van der Waals surface area contributed by atoms with Crippen LogP contribution in [0.25, 0.3) is 21.3 Å². The maximum Gasteiger partial charge on any atom is 0.283 e. The molecule has 0 atom stereocenters. The molecule has 30 heavy (non-hydrogen) atoms. The Balaban J connectivity index is 1.58. The molecule has 0 spiro atoms. The van der Waals surface area contributed by atoms with Crippen molar-refractivity contribution in [2.24, 2.45) is 0 Å². The number of aromatic nitrogens is 4. The summed E-state index contributed by atoms with van der Waals surface area (Å²) < 4.78 is 40.1. The molecule has 0 unspecified atom stereocenters. The highest BCUT2D eigenvalue weighted by Gasteiger charge is 2.22. The number of hydrogen-bond donors (Lipinski definition) is 1. The molecule has 0 aliphatic rings. The number of sulfonamides is 1. The highest BCUT2D eigenvalue weighted by molar-refractivity contribution is 7.92. The summed E-state index contributed by atoms with van der Waals surface area (Å²) >= 11 is 7.71. The monoisotopic (exact) mass is 481 g/mol. The van der Waals surface area contributed by atoms with Gasteiger partial charge in [0, 0.05) is 11.8 Å². The number of amides is 1. The van der Waals surface area contributed by atoms with E-state index in [1.165, 1.54) is 36.5 Å². The number of pyridine rings is 2. The molecule has 0 radical (unpaired) electrons. The lowest BCUT2D eigenvalue weighted by Gasteiger charge is -2.05. The fraction of sp³-hybridized carbons (Fsp3) is 0. The summed E-state index contributed by atoms with van der Waals surface area (Å²) in [5.74, 6) is -1.41. The molecule has 152 valence electrons. The molecule has 0 bridgehead atoms. The number of thiophene rings is 1. The fourth-order valence-corrected chi connectivity index (χ4v) is 5.56. The lowest BCUT2D eigenvalue weighted by molar-refractivity contribution is 0.0976. The second-order valence-electron chi connectivity index (χ2n) is 5.71. The van der Waals surface area contributed by atoms with E-state index in [1.54, 1.807) is 6.07 Å². The van der Waals surface area contributed by atoms with E-state index in [0.717, 1.165) is 28.9 Å². The Bertz CT molecular complexity index is 1360. The molecule has 1 amide bonds. The summed E-state index contributed by atoms with van der Waals surface area (Å²) in [6, 6.07) is 8.50. The number of carbonyl (C=O) groups is 1. The highest BCUT2D eigenvalue weighted by atomic mass is 35.5. The Morgan fingerprint density at radius 2 is 1.87 bits per heavy atom. The van der Waals surface area contributed by atoms with Crippen LogP contribution < -0.4 is 4.72 Å². The topological polar surface area (TPSA) is 115 Å². The van der Waals surface area contributed by atoms with Crippen molar-refractivity contribution >= 4 is 50.2 Å². The predicted molar refractivity (Wildman–Crippen MR) is 110 cm³/mol. The van der Waals surface area contributed by atoms with Crippen molar-refractivity contribution in [1.82, 2.24) is 24.9 Å². The first-order valence-corrected chi connectivity index (χ1v) is 11.6. The third kappa shape index (κ3) is 4.36. The lowest BCUT2D eigenvalue weighted by atomic mass is 10.3. The minimum atomic E-state index is -4.07. The van der Waals surface area contributed by atoms with Crippen LogP contribution in [-0.4, -0.2) is 34.5 Å². The molecule has 4 rings (SSSR count). The maximum absolute atomic E-state index is 13.4. The Kier molecular flexibility index (Phi) is 5.56. The van der Waals surface area contributed by atoms with Crippen LogP contribution in [0.15, 0.2) is 53.0 Å². The highest BCUT2D eigenvalue weighted by Crippen LogP contribution is 2.29. The summed E-state index contributed by atoms with van der Waals surface area (Å²) in [5, 5.41) is 8.80. The average Bonchev–Trinajstić information content (AvgIpc) is 3.37. The molecule has 4 heterocycles. The summed E-state index contributed by atoms with van der Waals surface area (Å²) in [5.41, 5.74) is 0.642. The molecular formula is C17H9ClFN5O3S3. The Labute approximate surface area is 182 Å². The van der Waals surface area contributed by atoms with E-state index in [9.17, 15) is 17.6 Å². The lowest BCUT2D eigenvalue weighted by Crippen LogP contribution is -2.30. The first-order valence-electron chi connectivity index (χ1n) is 8.06. The van der Waals surface area contributed by atoms with E-state index < -0.39 is 21.7 Å².